The van der Waals surface area contributed by atoms with Crippen LogP contribution in [-0.2, 0) is 32.5 Å². The monoisotopic (exact) mass is 445 g/mol. The number of amides is 1. The molecule has 1 unspecified atom stereocenters. The standard InChI is InChI=1S/C21H23N3O4S2/c25-19(6-7-20-23-21(24-28-20)18-5-2-12-29-18)22-16-4-1-3-15(13-16)14-30(26)17-8-10-27-11-9-17/h1-5,12-13,17H,6-11,14H2,(H,22,25). The number of carbonyl (C=O) groups is 1. The Morgan fingerprint density at radius 2 is 2.10 bits per heavy atom. The number of hydrogen-bond donors (Lipinski definition) is 1. The molecular weight excluding hydrogens is 422 g/mol. The van der Waals surface area contributed by atoms with Crippen LogP contribution >= 0.6 is 11.3 Å². The number of carbonyl (C=O) groups excluding carboxylic acids is 1. The molecule has 4 rings (SSSR count). The highest BCUT2D eigenvalue weighted by Gasteiger charge is 2.20. The first kappa shape index (κ1) is 20.9. The van der Waals surface area contributed by atoms with E-state index in [4.69, 9.17) is 9.26 Å². The first-order valence-corrected chi connectivity index (χ1v) is 12.1. The first-order chi connectivity index (χ1) is 14.7. The zero-order valence-corrected chi connectivity index (χ0v) is 18.0. The van der Waals surface area contributed by atoms with Crippen LogP contribution in [0.25, 0.3) is 10.7 Å². The average molecular weight is 446 g/mol. The number of ether oxygens (including phenoxy) is 1. The van der Waals surface area contributed by atoms with Crippen molar-refractivity contribution in [1.29, 1.82) is 0 Å². The van der Waals surface area contributed by atoms with Crippen LogP contribution in [0.4, 0.5) is 5.69 Å². The van der Waals surface area contributed by atoms with E-state index in [1.165, 1.54) is 11.3 Å². The molecular formula is C21H23N3O4S2. The third-order valence-electron chi connectivity index (χ3n) is 4.84. The molecule has 1 fully saturated rings. The molecule has 0 radical (unpaired) electrons. The van der Waals surface area contributed by atoms with Gasteiger partial charge in [0.2, 0.25) is 17.6 Å². The van der Waals surface area contributed by atoms with Gasteiger partial charge in [0.05, 0.1) is 4.88 Å². The van der Waals surface area contributed by atoms with Gasteiger partial charge in [0.25, 0.3) is 0 Å². The fourth-order valence-corrected chi connectivity index (χ4v) is 5.38. The van der Waals surface area contributed by atoms with E-state index in [0.29, 0.717) is 42.8 Å². The fourth-order valence-electron chi connectivity index (χ4n) is 3.27. The van der Waals surface area contributed by atoms with Crippen LogP contribution < -0.4 is 5.32 Å². The summed E-state index contributed by atoms with van der Waals surface area (Å²) in [7, 11) is -0.937. The normalized spacial score (nSPS) is 15.7. The fraction of sp³-hybridized carbons (Fsp3) is 0.381. The van der Waals surface area contributed by atoms with Gasteiger partial charge in [0.15, 0.2) is 0 Å². The molecule has 158 valence electrons. The molecule has 1 atom stereocenters. The molecule has 3 heterocycles. The lowest BCUT2D eigenvalue weighted by atomic mass is 10.2. The zero-order chi connectivity index (χ0) is 20.8. The number of nitrogens with zero attached hydrogens (tertiary/aromatic N) is 2. The minimum Gasteiger partial charge on any atom is -0.381 e. The second kappa shape index (κ2) is 10.1. The van der Waals surface area contributed by atoms with Gasteiger partial charge in [-0.25, -0.2) is 0 Å². The van der Waals surface area contributed by atoms with Gasteiger partial charge >= 0.3 is 0 Å². The van der Waals surface area contributed by atoms with Crippen LogP contribution in [0.15, 0.2) is 46.3 Å². The van der Waals surface area contributed by atoms with E-state index in [9.17, 15) is 9.00 Å². The highest BCUT2D eigenvalue weighted by atomic mass is 32.2. The molecule has 9 heteroatoms. The Bertz CT molecular complexity index is 997. The van der Waals surface area contributed by atoms with E-state index in [1.807, 2.05) is 41.8 Å². The van der Waals surface area contributed by atoms with Crippen molar-refractivity contribution in [2.45, 2.75) is 36.7 Å². The molecule has 3 aromatic rings. The Hall–Kier alpha value is -2.36. The van der Waals surface area contributed by atoms with Gasteiger partial charge in [-0.1, -0.05) is 23.4 Å². The number of aromatic nitrogens is 2. The quantitative estimate of drug-likeness (QED) is 0.567. The summed E-state index contributed by atoms with van der Waals surface area (Å²) in [6.07, 6.45) is 2.29. The summed E-state index contributed by atoms with van der Waals surface area (Å²) < 4.78 is 23.2. The molecule has 1 aliphatic heterocycles. The van der Waals surface area contributed by atoms with Crippen molar-refractivity contribution in [3.8, 4) is 10.7 Å². The van der Waals surface area contributed by atoms with E-state index in [0.717, 1.165) is 23.3 Å². The first-order valence-electron chi connectivity index (χ1n) is 9.87. The van der Waals surface area contributed by atoms with Crippen molar-refractivity contribution in [3.63, 3.8) is 0 Å². The van der Waals surface area contributed by atoms with E-state index in [1.54, 1.807) is 0 Å². The molecule has 1 aromatic carbocycles. The second-order valence-corrected chi connectivity index (χ2v) is 9.74. The lowest BCUT2D eigenvalue weighted by molar-refractivity contribution is -0.116. The Labute approximate surface area is 181 Å². The van der Waals surface area contributed by atoms with Crippen molar-refractivity contribution in [2.24, 2.45) is 0 Å². The summed E-state index contributed by atoms with van der Waals surface area (Å²) in [5, 5.41) is 8.98. The van der Waals surface area contributed by atoms with Crippen molar-refractivity contribution in [1.82, 2.24) is 10.1 Å². The van der Waals surface area contributed by atoms with Crippen molar-refractivity contribution < 1.29 is 18.3 Å². The summed E-state index contributed by atoms with van der Waals surface area (Å²) in [5.41, 5.74) is 1.65. The molecule has 0 bridgehead atoms. The number of anilines is 1. The van der Waals surface area contributed by atoms with Crippen molar-refractivity contribution in [2.75, 3.05) is 18.5 Å². The molecule has 7 nitrogen and oxygen atoms in total. The van der Waals surface area contributed by atoms with Gasteiger partial charge in [-0.15, -0.1) is 11.3 Å². The molecule has 1 N–H and O–H groups in total. The molecule has 1 aliphatic rings. The molecule has 0 spiro atoms. The van der Waals surface area contributed by atoms with E-state index in [-0.39, 0.29) is 17.6 Å². The number of benzene rings is 1. The molecule has 1 amide bonds. The number of rotatable bonds is 8. The summed E-state index contributed by atoms with van der Waals surface area (Å²) in [4.78, 5) is 17.6. The smallest absolute Gasteiger partial charge is 0.227 e. The highest BCUT2D eigenvalue weighted by Crippen LogP contribution is 2.22. The van der Waals surface area contributed by atoms with Gasteiger partial charge < -0.3 is 14.6 Å². The lowest BCUT2D eigenvalue weighted by Crippen LogP contribution is -2.25. The minimum atomic E-state index is -0.937. The predicted octanol–water partition coefficient (Wildman–Crippen LogP) is 3.80. The van der Waals surface area contributed by atoms with Crippen LogP contribution in [0.2, 0.25) is 0 Å². The van der Waals surface area contributed by atoms with Crippen LogP contribution in [-0.4, -0.2) is 38.7 Å². The predicted molar refractivity (Wildman–Crippen MR) is 117 cm³/mol. The van der Waals surface area contributed by atoms with Gasteiger partial charge in [-0.3, -0.25) is 9.00 Å². The Morgan fingerprint density at radius 3 is 2.90 bits per heavy atom. The average Bonchev–Trinajstić information content (AvgIpc) is 3.45. The van der Waals surface area contributed by atoms with Gasteiger partial charge in [0, 0.05) is 53.5 Å². The molecule has 0 aliphatic carbocycles. The number of hydrogen-bond acceptors (Lipinski definition) is 7. The van der Waals surface area contributed by atoms with Gasteiger partial charge in [0.1, 0.15) is 0 Å². The topological polar surface area (TPSA) is 94.3 Å². The summed E-state index contributed by atoms with van der Waals surface area (Å²) >= 11 is 1.54. The lowest BCUT2D eigenvalue weighted by Gasteiger charge is -2.21. The summed E-state index contributed by atoms with van der Waals surface area (Å²) in [5.74, 6) is 1.34. The van der Waals surface area contributed by atoms with Crippen LogP contribution in [0.3, 0.4) is 0 Å². The van der Waals surface area contributed by atoms with E-state index in [2.05, 4.69) is 15.5 Å². The largest absolute Gasteiger partial charge is 0.381 e. The Morgan fingerprint density at radius 1 is 1.23 bits per heavy atom. The number of thiophene rings is 1. The third kappa shape index (κ3) is 5.62. The Balaban J connectivity index is 1.28. The SMILES string of the molecule is O=C(CCc1nc(-c2cccs2)no1)Nc1cccc(CS(=O)C2CCOCC2)c1. The van der Waals surface area contributed by atoms with Crippen molar-refractivity contribution in [3.05, 3.63) is 53.2 Å². The molecule has 2 aromatic heterocycles. The van der Waals surface area contributed by atoms with Crippen molar-refractivity contribution >= 4 is 33.7 Å². The maximum absolute atomic E-state index is 12.6. The summed E-state index contributed by atoms with van der Waals surface area (Å²) in [6.45, 7) is 1.36. The van der Waals surface area contributed by atoms with E-state index < -0.39 is 10.8 Å². The zero-order valence-electron chi connectivity index (χ0n) is 16.4. The molecule has 30 heavy (non-hydrogen) atoms. The third-order valence-corrected chi connectivity index (χ3v) is 7.53. The number of aryl methyl sites for hydroxylation is 1. The van der Waals surface area contributed by atoms with E-state index >= 15 is 0 Å². The highest BCUT2D eigenvalue weighted by molar-refractivity contribution is 7.84. The minimum absolute atomic E-state index is 0.131. The second-order valence-electron chi connectivity index (χ2n) is 7.07. The maximum atomic E-state index is 12.6. The summed E-state index contributed by atoms with van der Waals surface area (Å²) in [6, 6.07) is 11.4. The number of nitrogens with one attached hydrogen (secondary N) is 1. The Kier molecular flexibility index (Phi) is 7.03. The van der Waals surface area contributed by atoms with Crippen LogP contribution in [0, 0.1) is 0 Å². The van der Waals surface area contributed by atoms with Gasteiger partial charge in [-0.2, -0.15) is 4.98 Å². The van der Waals surface area contributed by atoms with Crippen LogP contribution in [0.1, 0.15) is 30.7 Å². The maximum Gasteiger partial charge on any atom is 0.227 e. The van der Waals surface area contributed by atoms with Gasteiger partial charge in [-0.05, 0) is 42.0 Å². The molecule has 0 saturated carbocycles. The van der Waals surface area contributed by atoms with Crippen LogP contribution in [0.5, 0.6) is 0 Å². The molecule has 1 saturated heterocycles.